The number of sulfonamides is 1. The Morgan fingerprint density at radius 1 is 1.27 bits per heavy atom. The van der Waals surface area contributed by atoms with Crippen molar-refractivity contribution >= 4 is 10.0 Å². The minimum absolute atomic E-state index is 0.0379. The Balaban J connectivity index is 2.54. The van der Waals surface area contributed by atoms with Gasteiger partial charge in [-0.2, -0.15) is 0 Å². The largest absolute Gasteiger partial charge is 0.329 e. The first-order valence-corrected chi connectivity index (χ1v) is 7.40. The standard InChI is InChI=1S/C10H22N2O2S/c1-9-5-3-2-4-6-10(9)12-15(13,14)8-7-11/h9-10,12H,2-8,11H2,1H3. The number of rotatable bonds is 4. The number of hydrogen-bond donors (Lipinski definition) is 2. The van der Waals surface area contributed by atoms with E-state index in [2.05, 4.69) is 11.6 Å². The molecule has 1 aliphatic rings. The van der Waals surface area contributed by atoms with Gasteiger partial charge in [-0.05, 0) is 18.8 Å². The molecule has 0 aliphatic heterocycles. The summed E-state index contributed by atoms with van der Waals surface area (Å²) < 4.78 is 25.9. The molecule has 4 nitrogen and oxygen atoms in total. The summed E-state index contributed by atoms with van der Waals surface area (Å²) in [4.78, 5) is 0. The van der Waals surface area contributed by atoms with Crippen molar-refractivity contribution < 1.29 is 8.42 Å². The normalized spacial score (nSPS) is 28.7. The predicted octanol–water partition coefficient (Wildman–Crippen LogP) is 0.833. The second kappa shape index (κ2) is 5.82. The minimum Gasteiger partial charge on any atom is -0.329 e. The highest BCUT2D eigenvalue weighted by atomic mass is 32.2. The first-order valence-electron chi connectivity index (χ1n) is 5.75. The van der Waals surface area contributed by atoms with E-state index in [1.54, 1.807) is 0 Å². The fourth-order valence-electron chi connectivity index (χ4n) is 2.11. The molecule has 0 radical (unpaired) electrons. The third kappa shape index (κ3) is 4.49. The molecule has 1 rings (SSSR count). The van der Waals surface area contributed by atoms with Crippen LogP contribution in [0.2, 0.25) is 0 Å². The number of nitrogens with two attached hydrogens (primary N) is 1. The summed E-state index contributed by atoms with van der Waals surface area (Å²) in [5.41, 5.74) is 5.27. The van der Waals surface area contributed by atoms with Crippen LogP contribution < -0.4 is 10.5 Å². The average Bonchev–Trinajstić information content (AvgIpc) is 2.31. The van der Waals surface area contributed by atoms with Crippen LogP contribution in [0, 0.1) is 5.92 Å². The third-order valence-corrected chi connectivity index (χ3v) is 4.51. The van der Waals surface area contributed by atoms with Crippen LogP contribution in [0.15, 0.2) is 0 Å². The monoisotopic (exact) mass is 234 g/mol. The lowest BCUT2D eigenvalue weighted by atomic mass is 9.98. The van der Waals surface area contributed by atoms with Crippen molar-refractivity contribution in [3.05, 3.63) is 0 Å². The summed E-state index contributed by atoms with van der Waals surface area (Å²) in [6, 6.07) is 0.115. The van der Waals surface area contributed by atoms with Gasteiger partial charge in [0, 0.05) is 12.6 Å². The number of hydrogen-bond acceptors (Lipinski definition) is 3. The van der Waals surface area contributed by atoms with E-state index in [0.717, 1.165) is 19.3 Å². The lowest BCUT2D eigenvalue weighted by Crippen LogP contribution is -2.41. The van der Waals surface area contributed by atoms with Gasteiger partial charge >= 0.3 is 0 Å². The predicted molar refractivity (Wildman–Crippen MR) is 62.0 cm³/mol. The van der Waals surface area contributed by atoms with Crippen LogP contribution >= 0.6 is 0 Å². The zero-order valence-corrected chi connectivity index (χ0v) is 10.2. The summed E-state index contributed by atoms with van der Waals surface area (Å²) in [5.74, 6) is 0.482. The fourth-order valence-corrected chi connectivity index (χ4v) is 3.35. The molecule has 15 heavy (non-hydrogen) atoms. The maximum absolute atomic E-state index is 11.6. The van der Waals surface area contributed by atoms with Gasteiger partial charge in [0.05, 0.1) is 5.75 Å². The lowest BCUT2D eigenvalue weighted by Gasteiger charge is -2.22. The quantitative estimate of drug-likeness (QED) is 0.708. The molecule has 0 bridgehead atoms. The molecule has 2 atom stereocenters. The van der Waals surface area contributed by atoms with Crippen LogP contribution in [-0.2, 0) is 10.0 Å². The van der Waals surface area contributed by atoms with Gasteiger partial charge < -0.3 is 5.73 Å². The van der Waals surface area contributed by atoms with Crippen LogP contribution in [-0.4, -0.2) is 26.8 Å². The van der Waals surface area contributed by atoms with Gasteiger partial charge in [-0.25, -0.2) is 13.1 Å². The van der Waals surface area contributed by atoms with E-state index in [1.165, 1.54) is 12.8 Å². The molecule has 0 aromatic carbocycles. The van der Waals surface area contributed by atoms with Crippen molar-refractivity contribution in [1.82, 2.24) is 4.72 Å². The minimum atomic E-state index is -3.16. The summed E-state index contributed by atoms with van der Waals surface area (Å²) in [5, 5.41) is 0. The van der Waals surface area contributed by atoms with Gasteiger partial charge in [0.25, 0.3) is 0 Å². The first kappa shape index (κ1) is 12.9. The molecule has 0 spiro atoms. The molecule has 0 amide bonds. The van der Waals surface area contributed by atoms with E-state index < -0.39 is 10.0 Å². The van der Waals surface area contributed by atoms with Crippen LogP contribution in [0.3, 0.4) is 0 Å². The van der Waals surface area contributed by atoms with E-state index >= 15 is 0 Å². The fraction of sp³-hybridized carbons (Fsp3) is 1.00. The summed E-state index contributed by atoms with van der Waals surface area (Å²) in [7, 11) is -3.16. The number of nitrogens with one attached hydrogen (secondary N) is 1. The molecule has 90 valence electrons. The highest BCUT2D eigenvalue weighted by Gasteiger charge is 2.23. The highest BCUT2D eigenvalue weighted by Crippen LogP contribution is 2.23. The SMILES string of the molecule is CC1CCCCCC1NS(=O)(=O)CCN. The Bertz CT molecular complexity index is 277. The third-order valence-electron chi connectivity index (χ3n) is 3.08. The molecular formula is C10H22N2O2S. The molecule has 0 heterocycles. The van der Waals surface area contributed by atoms with Crippen LogP contribution in [0.4, 0.5) is 0 Å². The molecule has 3 N–H and O–H groups in total. The Morgan fingerprint density at radius 2 is 1.93 bits per heavy atom. The van der Waals surface area contributed by atoms with Crippen molar-refractivity contribution in [2.45, 2.75) is 45.1 Å². The molecule has 0 aromatic heterocycles. The van der Waals surface area contributed by atoms with Crippen LogP contribution in [0.25, 0.3) is 0 Å². The van der Waals surface area contributed by atoms with Crippen molar-refractivity contribution in [2.75, 3.05) is 12.3 Å². The van der Waals surface area contributed by atoms with Crippen molar-refractivity contribution in [3.63, 3.8) is 0 Å². The second-order valence-electron chi connectivity index (χ2n) is 4.45. The first-order chi connectivity index (χ1) is 7.05. The van der Waals surface area contributed by atoms with Gasteiger partial charge in [0.2, 0.25) is 10.0 Å². The Kier molecular flexibility index (Phi) is 5.02. The maximum Gasteiger partial charge on any atom is 0.213 e. The summed E-state index contributed by atoms with van der Waals surface area (Å²) in [6.07, 6.45) is 5.65. The topological polar surface area (TPSA) is 72.2 Å². The lowest BCUT2D eigenvalue weighted by molar-refractivity contribution is 0.399. The maximum atomic E-state index is 11.6. The van der Waals surface area contributed by atoms with Gasteiger partial charge in [-0.1, -0.05) is 26.2 Å². The zero-order chi connectivity index (χ0) is 11.3. The van der Waals surface area contributed by atoms with Crippen molar-refractivity contribution in [2.24, 2.45) is 11.7 Å². The molecule has 2 unspecified atom stereocenters. The van der Waals surface area contributed by atoms with Gasteiger partial charge in [0.15, 0.2) is 0 Å². The molecule has 5 heteroatoms. The summed E-state index contributed by atoms with van der Waals surface area (Å²) in [6.45, 7) is 2.32. The Hall–Kier alpha value is -0.130. The Labute approximate surface area is 92.7 Å². The van der Waals surface area contributed by atoms with E-state index in [9.17, 15) is 8.42 Å². The molecule has 0 aromatic rings. The van der Waals surface area contributed by atoms with Gasteiger partial charge in [0.1, 0.15) is 0 Å². The van der Waals surface area contributed by atoms with Crippen LogP contribution in [0.5, 0.6) is 0 Å². The summed E-state index contributed by atoms with van der Waals surface area (Å²) >= 11 is 0. The molecule has 0 saturated heterocycles. The van der Waals surface area contributed by atoms with Crippen LogP contribution in [0.1, 0.15) is 39.0 Å². The van der Waals surface area contributed by atoms with Gasteiger partial charge in [-0.15, -0.1) is 0 Å². The van der Waals surface area contributed by atoms with E-state index in [1.807, 2.05) is 0 Å². The van der Waals surface area contributed by atoms with Crippen molar-refractivity contribution in [3.8, 4) is 0 Å². The van der Waals surface area contributed by atoms with Gasteiger partial charge in [-0.3, -0.25) is 0 Å². The van der Waals surface area contributed by atoms with E-state index in [0.29, 0.717) is 5.92 Å². The smallest absolute Gasteiger partial charge is 0.213 e. The van der Waals surface area contributed by atoms with Crippen molar-refractivity contribution in [1.29, 1.82) is 0 Å². The van der Waals surface area contributed by atoms with E-state index in [4.69, 9.17) is 5.73 Å². The van der Waals surface area contributed by atoms with E-state index in [-0.39, 0.29) is 18.3 Å². The Morgan fingerprint density at radius 3 is 2.60 bits per heavy atom. The second-order valence-corrected chi connectivity index (χ2v) is 6.32. The average molecular weight is 234 g/mol. The molecule has 1 saturated carbocycles. The molecule has 1 aliphatic carbocycles. The molecular weight excluding hydrogens is 212 g/mol. The molecule has 1 fully saturated rings. The highest BCUT2D eigenvalue weighted by molar-refractivity contribution is 7.89. The zero-order valence-electron chi connectivity index (χ0n) is 9.41.